The average Bonchev–Trinajstić information content (AvgIpc) is 2.34. The molecule has 1 aromatic rings. The Bertz CT molecular complexity index is 406. The first-order valence-electron chi connectivity index (χ1n) is 6.41. The van der Waals surface area contributed by atoms with E-state index in [1.807, 2.05) is 45.0 Å². The second kappa shape index (κ2) is 6.57. The SMILES string of the molecule is COc1ccc(CC(CN)C(=O)OC(C)(C)C)cc1. The molecule has 1 unspecified atom stereocenters. The fourth-order valence-electron chi connectivity index (χ4n) is 1.69. The summed E-state index contributed by atoms with van der Waals surface area (Å²) in [5.41, 5.74) is 6.23. The van der Waals surface area contributed by atoms with Crippen LogP contribution in [0.1, 0.15) is 26.3 Å². The molecule has 1 rings (SSSR count). The van der Waals surface area contributed by atoms with Gasteiger partial charge in [0.15, 0.2) is 0 Å². The van der Waals surface area contributed by atoms with Gasteiger partial charge in [-0.1, -0.05) is 12.1 Å². The van der Waals surface area contributed by atoms with E-state index in [-0.39, 0.29) is 18.4 Å². The molecule has 2 N–H and O–H groups in total. The van der Waals surface area contributed by atoms with Gasteiger partial charge in [0.25, 0.3) is 0 Å². The molecule has 0 aliphatic rings. The van der Waals surface area contributed by atoms with Crippen molar-refractivity contribution in [3.63, 3.8) is 0 Å². The lowest BCUT2D eigenvalue weighted by Gasteiger charge is -2.23. The first-order valence-corrected chi connectivity index (χ1v) is 6.41. The topological polar surface area (TPSA) is 61.5 Å². The number of nitrogens with two attached hydrogens (primary N) is 1. The van der Waals surface area contributed by atoms with Gasteiger partial charge in [0.2, 0.25) is 0 Å². The summed E-state index contributed by atoms with van der Waals surface area (Å²) in [5.74, 6) is 0.240. The predicted octanol–water partition coefficient (Wildman–Crippen LogP) is 2.15. The lowest BCUT2D eigenvalue weighted by atomic mass is 9.99. The van der Waals surface area contributed by atoms with E-state index in [0.29, 0.717) is 6.42 Å². The van der Waals surface area contributed by atoms with Gasteiger partial charge in [-0.25, -0.2) is 0 Å². The molecule has 0 amide bonds. The van der Waals surface area contributed by atoms with Crippen molar-refractivity contribution in [2.24, 2.45) is 11.7 Å². The van der Waals surface area contributed by atoms with Crippen LogP contribution in [0.2, 0.25) is 0 Å². The summed E-state index contributed by atoms with van der Waals surface area (Å²) in [5, 5.41) is 0. The minimum Gasteiger partial charge on any atom is -0.497 e. The molecule has 19 heavy (non-hydrogen) atoms. The average molecular weight is 265 g/mol. The smallest absolute Gasteiger partial charge is 0.311 e. The van der Waals surface area contributed by atoms with Crippen molar-refractivity contribution in [2.75, 3.05) is 13.7 Å². The molecule has 0 saturated heterocycles. The van der Waals surface area contributed by atoms with Crippen LogP contribution in [0.25, 0.3) is 0 Å². The highest BCUT2D eigenvalue weighted by molar-refractivity contribution is 5.73. The zero-order valence-corrected chi connectivity index (χ0v) is 12.1. The van der Waals surface area contributed by atoms with Gasteiger partial charge < -0.3 is 15.2 Å². The zero-order valence-electron chi connectivity index (χ0n) is 12.1. The number of ether oxygens (including phenoxy) is 2. The highest BCUT2D eigenvalue weighted by Crippen LogP contribution is 2.17. The number of carbonyl (C=O) groups excluding carboxylic acids is 1. The standard InChI is InChI=1S/C15H23NO3/c1-15(2,3)19-14(17)12(10-16)9-11-5-7-13(18-4)8-6-11/h5-8,12H,9-10,16H2,1-4H3. The third-order valence-electron chi connectivity index (χ3n) is 2.67. The normalized spacial score (nSPS) is 12.9. The molecular formula is C15H23NO3. The van der Waals surface area contributed by atoms with Gasteiger partial charge in [-0.2, -0.15) is 0 Å². The molecule has 0 spiro atoms. The van der Waals surface area contributed by atoms with Crippen LogP contribution in [-0.4, -0.2) is 25.2 Å². The van der Waals surface area contributed by atoms with Crippen LogP contribution in [0.3, 0.4) is 0 Å². The molecule has 106 valence electrons. The Labute approximate surface area is 114 Å². The quantitative estimate of drug-likeness (QED) is 0.829. The number of methoxy groups -OCH3 is 1. The van der Waals surface area contributed by atoms with Gasteiger partial charge in [-0.3, -0.25) is 4.79 Å². The third kappa shape index (κ3) is 5.30. The van der Waals surface area contributed by atoms with Gasteiger partial charge in [-0.15, -0.1) is 0 Å². The Kier molecular flexibility index (Phi) is 5.36. The first-order chi connectivity index (χ1) is 8.85. The molecule has 0 fully saturated rings. The monoisotopic (exact) mass is 265 g/mol. The molecule has 0 saturated carbocycles. The van der Waals surface area contributed by atoms with Crippen molar-refractivity contribution in [1.82, 2.24) is 0 Å². The Hall–Kier alpha value is -1.55. The van der Waals surface area contributed by atoms with Crippen LogP contribution >= 0.6 is 0 Å². The highest BCUT2D eigenvalue weighted by atomic mass is 16.6. The summed E-state index contributed by atoms with van der Waals surface area (Å²) >= 11 is 0. The number of benzene rings is 1. The molecule has 1 atom stereocenters. The summed E-state index contributed by atoms with van der Waals surface area (Å²) in [6.07, 6.45) is 0.579. The van der Waals surface area contributed by atoms with Crippen molar-refractivity contribution >= 4 is 5.97 Å². The second-order valence-electron chi connectivity index (χ2n) is 5.52. The number of hydrogen-bond donors (Lipinski definition) is 1. The molecule has 0 radical (unpaired) electrons. The molecule has 0 heterocycles. The minimum absolute atomic E-state index is 0.245. The van der Waals surface area contributed by atoms with Crippen LogP contribution in [0.15, 0.2) is 24.3 Å². The molecule has 1 aromatic carbocycles. The summed E-state index contributed by atoms with van der Waals surface area (Å²) in [6, 6.07) is 7.62. The van der Waals surface area contributed by atoms with Crippen molar-refractivity contribution in [2.45, 2.75) is 32.8 Å². The van der Waals surface area contributed by atoms with Crippen molar-refractivity contribution < 1.29 is 14.3 Å². The van der Waals surface area contributed by atoms with E-state index in [4.69, 9.17) is 15.2 Å². The summed E-state index contributed by atoms with van der Waals surface area (Å²) in [4.78, 5) is 12.0. The maximum absolute atomic E-state index is 12.0. The van der Waals surface area contributed by atoms with Crippen LogP contribution in [-0.2, 0) is 16.0 Å². The van der Waals surface area contributed by atoms with Crippen LogP contribution in [0.5, 0.6) is 5.75 Å². The maximum atomic E-state index is 12.0. The fraction of sp³-hybridized carbons (Fsp3) is 0.533. The van der Waals surface area contributed by atoms with Crippen molar-refractivity contribution in [3.8, 4) is 5.75 Å². The van der Waals surface area contributed by atoms with Gasteiger partial charge >= 0.3 is 5.97 Å². The molecule has 0 aliphatic carbocycles. The lowest BCUT2D eigenvalue weighted by Crippen LogP contribution is -2.33. The van der Waals surface area contributed by atoms with E-state index >= 15 is 0 Å². The largest absolute Gasteiger partial charge is 0.497 e. The second-order valence-corrected chi connectivity index (χ2v) is 5.52. The number of carbonyl (C=O) groups is 1. The Morgan fingerprint density at radius 1 is 1.26 bits per heavy atom. The molecule has 4 heteroatoms. The van der Waals surface area contributed by atoms with E-state index in [1.165, 1.54) is 0 Å². The Morgan fingerprint density at radius 3 is 2.26 bits per heavy atom. The van der Waals surface area contributed by atoms with E-state index < -0.39 is 5.60 Å². The van der Waals surface area contributed by atoms with Crippen molar-refractivity contribution in [3.05, 3.63) is 29.8 Å². The number of rotatable bonds is 5. The van der Waals surface area contributed by atoms with E-state index in [2.05, 4.69) is 0 Å². The number of esters is 1. The van der Waals surface area contributed by atoms with Gasteiger partial charge in [0.1, 0.15) is 11.4 Å². The summed E-state index contributed by atoms with van der Waals surface area (Å²) in [6.45, 7) is 5.84. The fourth-order valence-corrected chi connectivity index (χ4v) is 1.69. The van der Waals surface area contributed by atoms with Gasteiger partial charge in [-0.05, 0) is 44.9 Å². The molecule has 0 aliphatic heterocycles. The summed E-state index contributed by atoms with van der Waals surface area (Å²) < 4.78 is 10.5. The van der Waals surface area contributed by atoms with Gasteiger partial charge in [0.05, 0.1) is 13.0 Å². The van der Waals surface area contributed by atoms with E-state index in [0.717, 1.165) is 11.3 Å². The van der Waals surface area contributed by atoms with Crippen LogP contribution < -0.4 is 10.5 Å². The Balaban J connectivity index is 2.67. The van der Waals surface area contributed by atoms with Crippen LogP contribution in [0, 0.1) is 5.92 Å². The molecule has 0 aromatic heterocycles. The Morgan fingerprint density at radius 2 is 1.84 bits per heavy atom. The van der Waals surface area contributed by atoms with E-state index in [9.17, 15) is 4.79 Å². The highest BCUT2D eigenvalue weighted by Gasteiger charge is 2.24. The van der Waals surface area contributed by atoms with Gasteiger partial charge in [0, 0.05) is 6.54 Å². The van der Waals surface area contributed by atoms with Crippen LogP contribution in [0.4, 0.5) is 0 Å². The lowest BCUT2D eigenvalue weighted by molar-refractivity contribution is -0.159. The van der Waals surface area contributed by atoms with Crippen molar-refractivity contribution in [1.29, 1.82) is 0 Å². The first kappa shape index (κ1) is 15.5. The minimum atomic E-state index is -0.482. The number of hydrogen-bond acceptors (Lipinski definition) is 4. The third-order valence-corrected chi connectivity index (χ3v) is 2.67. The molecule has 4 nitrogen and oxygen atoms in total. The zero-order chi connectivity index (χ0) is 14.5. The molecular weight excluding hydrogens is 242 g/mol. The molecule has 0 bridgehead atoms. The summed E-state index contributed by atoms with van der Waals surface area (Å²) in [7, 11) is 1.62. The van der Waals surface area contributed by atoms with E-state index in [1.54, 1.807) is 7.11 Å². The maximum Gasteiger partial charge on any atom is 0.311 e. The predicted molar refractivity (Wildman–Crippen MR) is 75.1 cm³/mol.